The predicted octanol–water partition coefficient (Wildman–Crippen LogP) is 3.00. The van der Waals surface area contributed by atoms with Crippen molar-refractivity contribution in [1.29, 1.82) is 0 Å². The number of hydrogen-bond acceptors (Lipinski definition) is 5. The number of fused-ring (bicyclic) bond motifs is 5. The monoisotopic (exact) mass is 341 g/mol. The lowest BCUT2D eigenvalue weighted by molar-refractivity contribution is -0.385. The highest BCUT2D eigenvalue weighted by Crippen LogP contribution is 2.57. The summed E-state index contributed by atoms with van der Waals surface area (Å²) in [6.45, 7) is 2.76. The van der Waals surface area contributed by atoms with Crippen molar-refractivity contribution < 1.29 is 19.2 Å². The average molecular weight is 341 g/mol. The van der Waals surface area contributed by atoms with Gasteiger partial charge in [0.15, 0.2) is 0 Å². The second kappa shape index (κ2) is 6.11. The van der Waals surface area contributed by atoms with Gasteiger partial charge in [-0.3, -0.25) is 10.1 Å². The van der Waals surface area contributed by atoms with E-state index < -0.39 is 0 Å². The van der Waals surface area contributed by atoms with Gasteiger partial charge in [0.25, 0.3) is 5.69 Å². The van der Waals surface area contributed by atoms with Crippen molar-refractivity contribution in [3.63, 3.8) is 0 Å². The maximum absolute atomic E-state index is 12.0. The zero-order valence-electron chi connectivity index (χ0n) is 13.8. The van der Waals surface area contributed by atoms with Crippen molar-refractivity contribution in [2.45, 2.75) is 18.9 Å². The Morgan fingerprint density at radius 1 is 1.36 bits per heavy atom. The Morgan fingerprint density at radius 2 is 2.12 bits per heavy atom. The fraction of sp³-hybridized carbons (Fsp3) is 0.421. The SMILES string of the molecule is CCOC(=O)C=C1[C@@H]2[C@H]3OC[C@H]3[C@H]1C=C[C@H]2c1ccccc1[N+](=O)[O-]. The molecule has 3 aliphatic rings. The Labute approximate surface area is 145 Å². The summed E-state index contributed by atoms with van der Waals surface area (Å²) in [7, 11) is 0. The third kappa shape index (κ3) is 2.48. The van der Waals surface area contributed by atoms with E-state index in [0.29, 0.717) is 24.7 Å². The Bertz CT molecular complexity index is 784. The van der Waals surface area contributed by atoms with E-state index in [0.717, 1.165) is 5.57 Å². The number of benzene rings is 1. The fourth-order valence-corrected chi connectivity index (χ4v) is 4.43. The first-order valence-corrected chi connectivity index (χ1v) is 8.53. The van der Waals surface area contributed by atoms with Crippen LogP contribution in [0.3, 0.4) is 0 Å². The second-order valence-corrected chi connectivity index (χ2v) is 6.64. The van der Waals surface area contributed by atoms with Crippen LogP contribution in [-0.4, -0.2) is 30.2 Å². The van der Waals surface area contributed by atoms with E-state index >= 15 is 0 Å². The van der Waals surface area contributed by atoms with Gasteiger partial charge in [0, 0.05) is 41.4 Å². The standard InChI is InChI=1S/C19H19NO5/c1-2-24-17(21)9-14-11-7-8-13(18(14)19-15(11)10-25-19)12-5-3-4-6-16(12)20(22)23/h3-9,11,13,15,18-19H,2,10H2,1H3/t11-,13-,15-,18+,19-/m0/s1. The lowest BCUT2D eigenvalue weighted by Crippen LogP contribution is -2.41. The number of nitrogens with zero attached hydrogens (tertiary/aromatic N) is 1. The summed E-state index contributed by atoms with van der Waals surface area (Å²) in [6.07, 6.45) is 5.70. The molecule has 6 heteroatoms. The minimum absolute atomic E-state index is 0.00508. The number of carbonyl (C=O) groups excluding carboxylic acids is 1. The maximum atomic E-state index is 12.0. The van der Waals surface area contributed by atoms with Gasteiger partial charge in [-0.05, 0) is 12.5 Å². The molecule has 25 heavy (non-hydrogen) atoms. The summed E-state index contributed by atoms with van der Waals surface area (Å²) < 4.78 is 10.9. The van der Waals surface area contributed by atoms with Gasteiger partial charge in [0.2, 0.25) is 0 Å². The number of nitro benzene ring substituents is 1. The summed E-state index contributed by atoms with van der Waals surface area (Å²) >= 11 is 0. The van der Waals surface area contributed by atoms with Crippen LogP contribution in [-0.2, 0) is 14.3 Å². The van der Waals surface area contributed by atoms with Crippen LogP contribution in [0, 0.1) is 27.9 Å². The molecule has 0 amide bonds. The molecule has 130 valence electrons. The van der Waals surface area contributed by atoms with Gasteiger partial charge in [0.1, 0.15) is 0 Å². The zero-order chi connectivity index (χ0) is 17.6. The highest BCUT2D eigenvalue weighted by Gasteiger charge is 2.56. The molecule has 5 atom stereocenters. The Balaban J connectivity index is 1.77. The highest BCUT2D eigenvalue weighted by molar-refractivity contribution is 5.83. The Hall–Kier alpha value is -2.47. The average Bonchev–Trinajstić information content (AvgIpc) is 2.68. The van der Waals surface area contributed by atoms with Crippen molar-refractivity contribution >= 4 is 11.7 Å². The molecule has 6 nitrogen and oxygen atoms in total. The van der Waals surface area contributed by atoms with E-state index in [4.69, 9.17) is 9.47 Å². The summed E-state index contributed by atoms with van der Waals surface area (Å²) in [4.78, 5) is 23.1. The topological polar surface area (TPSA) is 78.7 Å². The summed E-state index contributed by atoms with van der Waals surface area (Å²) in [5.74, 6) is -0.0830. The van der Waals surface area contributed by atoms with E-state index in [2.05, 4.69) is 6.08 Å². The van der Waals surface area contributed by atoms with Crippen LogP contribution in [0.2, 0.25) is 0 Å². The second-order valence-electron chi connectivity index (χ2n) is 6.64. The number of para-hydroxylation sites is 1. The molecular formula is C19H19NO5. The maximum Gasteiger partial charge on any atom is 0.330 e. The van der Waals surface area contributed by atoms with Crippen molar-refractivity contribution in [3.8, 4) is 0 Å². The van der Waals surface area contributed by atoms with Crippen molar-refractivity contribution in [2.75, 3.05) is 13.2 Å². The van der Waals surface area contributed by atoms with Crippen LogP contribution < -0.4 is 0 Å². The largest absolute Gasteiger partial charge is 0.463 e. The minimum atomic E-state index is -0.356. The number of esters is 1. The van der Waals surface area contributed by atoms with Gasteiger partial charge in [-0.2, -0.15) is 0 Å². The first-order valence-electron chi connectivity index (χ1n) is 8.53. The molecule has 1 heterocycles. The predicted molar refractivity (Wildman–Crippen MR) is 89.9 cm³/mol. The van der Waals surface area contributed by atoms with Gasteiger partial charge in [-0.1, -0.05) is 30.4 Å². The summed E-state index contributed by atoms with van der Waals surface area (Å²) in [5.41, 5.74) is 1.75. The molecule has 0 spiro atoms. The van der Waals surface area contributed by atoms with Crippen molar-refractivity contribution in [3.05, 3.63) is 63.7 Å². The molecule has 2 bridgehead atoms. The van der Waals surface area contributed by atoms with Gasteiger partial charge in [0.05, 0.1) is 24.2 Å². The molecule has 1 saturated carbocycles. The summed E-state index contributed by atoms with van der Waals surface area (Å²) in [6, 6.07) is 6.80. The van der Waals surface area contributed by atoms with E-state index in [9.17, 15) is 14.9 Å². The van der Waals surface area contributed by atoms with Gasteiger partial charge in [-0.25, -0.2) is 4.79 Å². The van der Waals surface area contributed by atoms with E-state index in [-0.39, 0.29) is 40.4 Å². The van der Waals surface area contributed by atoms with Crippen LogP contribution in [0.25, 0.3) is 0 Å². The van der Waals surface area contributed by atoms with Crippen LogP contribution >= 0.6 is 0 Å². The smallest absolute Gasteiger partial charge is 0.330 e. The Kier molecular flexibility index (Phi) is 3.92. The summed E-state index contributed by atoms with van der Waals surface area (Å²) in [5, 5.41) is 11.4. The van der Waals surface area contributed by atoms with Gasteiger partial charge in [-0.15, -0.1) is 0 Å². The van der Waals surface area contributed by atoms with E-state index in [1.165, 1.54) is 6.07 Å². The molecule has 4 rings (SSSR count). The number of carbonyl (C=O) groups is 1. The molecule has 2 fully saturated rings. The van der Waals surface area contributed by atoms with Crippen molar-refractivity contribution in [1.82, 2.24) is 0 Å². The molecule has 0 unspecified atom stereocenters. The molecule has 1 aromatic rings. The number of rotatable bonds is 4. The van der Waals surface area contributed by atoms with Crippen LogP contribution in [0.1, 0.15) is 18.4 Å². The first-order chi connectivity index (χ1) is 12.1. The number of ether oxygens (including phenoxy) is 2. The third-order valence-corrected chi connectivity index (χ3v) is 5.46. The lowest BCUT2D eigenvalue weighted by Gasteiger charge is -2.36. The molecule has 2 aliphatic carbocycles. The third-order valence-electron chi connectivity index (χ3n) is 5.46. The number of allylic oxidation sites excluding steroid dienone is 2. The van der Waals surface area contributed by atoms with Crippen molar-refractivity contribution in [2.24, 2.45) is 17.8 Å². The van der Waals surface area contributed by atoms with Crippen LogP contribution in [0.15, 0.2) is 48.1 Å². The minimum Gasteiger partial charge on any atom is -0.463 e. The van der Waals surface area contributed by atoms with Gasteiger partial charge < -0.3 is 9.47 Å². The molecule has 0 aromatic heterocycles. The van der Waals surface area contributed by atoms with Gasteiger partial charge >= 0.3 is 5.97 Å². The number of hydrogen-bond donors (Lipinski definition) is 0. The first kappa shape index (κ1) is 16.0. The molecule has 1 saturated heterocycles. The van der Waals surface area contributed by atoms with E-state index in [1.54, 1.807) is 25.1 Å². The molecule has 0 N–H and O–H groups in total. The highest BCUT2D eigenvalue weighted by atomic mass is 16.6. The lowest BCUT2D eigenvalue weighted by atomic mass is 9.76. The normalized spacial score (nSPS) is 33.6. The fourth-order valence-electron chi connectivity index (χ4n) is 4.43. The quantitative estimate of drug-likeness (QED) is 0.277. The molecule has 1 aromatic carbocycles. The zero-order valence-corrected chi connectivity index (χ0v) is 13.8. The number of nitro groups is 1. The van der Waals surface area contributed by atoms with Crippen LogP contribution in [0.5, 0.6) is 0 Å². The molecular weight excluding hydrogens is 322 g/mol. The molecule has 1 aliphatic heterocycles. The van der Waals surface area contributed by atoms with E-state index in [1.807, 2.05) is 12.1 Å². The molecule has 0 radical (unpaired) electrons. The Morgan fingerprint density at radius 3 is 2.80 bits per heavy atom. The van der Waals surface area contributed by atoms with Crippen LogP contribution in [0.4, 0.5) is 5.69 Å².